The fourth-order valence-corrected chi connectivity index (χ4v) is 5.19. The molecule has 2 N–H and O–H groups in total. The number of aliphatic carboxylic acids is 1. The lowest BCUT2D eigenvalue weighted by Crippen LogP contribution is -2.68. The summed E-state index contributed by atoms with van der Waals surface area (Å²) in [6, 6.07) is 14.1. The highest BCUT2D eigenvalue weighted by Crippen LogP contribution is 2.44. The highest BCUT2D eigenvalue weighted by molar-refractivity contribution is 6.36. The third-order valence-corrected chi connectivity index (χ3v) is 6.70. The van der Waals surface area contributed by atoms with E-state index >= 15 is 0 Å². The molecular weight excluding hydrogens is 492 g/mol. The van der Waals surface area contributed by atoms with Crippen LogP contribution >= 0.6 is 0 Å². The molecule has 38 heavy (non-hydrogen) atoms. The average Bonchev–Trinajstić information content (AvgIpc) is 3.38. The summed E-state index contributed by atoms with van der Waals surface area (Å²) in [5.41, 5.74) is 9.43. The Morgan fingerprint density at radius 2 is 1.68 bits per heavy atom. The van der Waals surface area contributed by atoms with Gasteiger partial charge in [-0.15, -0.1) is 0 Å². The fraction of sp³-hybridized carbons (Fsp3) is 0.370. The molecule has 2 aromatic carbocycles. The third-order valence-electron chi connectivity index (χ3n) is 6.70. The lowest BCUT2D eigenvalue weighted by Gasteiger charge is -2.35. The van der Waals surface area contributed by atoms with Gasteiger partial charge < -0.3 is 25.4 Å². The molecule has 2 aromatic rings. The van der Waals surface area contributed by atoms with Gasteiger partial charge in [-0.1, -0.05) is 48.5 Å². The molecule has 1 saturated heterocycles. The van der Waals surface area contributed by atoms with E-state index in [2.05, 4.69) is 10.1 Å². The average molecular weight is 521 g/mol. The number of hydrogen-bond donors (Lipinski definition) is 2. The fourth-order valence-electron chi connectivity index (χ4n) is 5.19. The normalized spacial score (nSPS) is 20.1. The van der Waals surface area contributed by atoms with Gasteiger partial charge in [0.05, 0.1) is 6.04 Å². The van der Waals surface area contributed by atoms with Gasteiger partial charge in [0.15, 0.2) is 0 Å². The minimum Gasteiger partial charge on any atom is -0.479 e. The number of likely N-dealkylation sites (tertiary alicyclic amines) is 1. The largest absolute Gasteiger partial charge is 0.479 e. The molecule has 0 radical (unpaired) electrons. The van der Waals surface area contributed by atoms with Crippen molar-refractivity contribution < 1.29 is 38.5 Å². The first-order valence-corrected chi connectivity index (χ1v) is 12.1. The quantitative estimate of drug-likeness (QED) is 0.256. The second kappa shape index (κ2) is 10.1. The number of carboxylic acid groups (broad SMARTS) is 1. The number of benzene rings is 2. The monoisotopic (exact) mass is 520 g/mol. The molecule has 11 heteroatoms. The van der Waals surface area contributed by atoms with Crippen molar-refractivity contribution >= 4 is 30.2 Å². The summed E-state index contributed by atoms with van der Waals surface area (Å²) >= 11 is 0. The van der Waals surface area contributed by atoms with Crippen LogP contribution < -0.4 is 5.32 Å². The molecule has 198 valence electrons. The lowest BCUT2D eigenvalue weighted by molar-refractivity contribution is -0.154. The van der Waals surface area contributed by atoms with Gasteiger partial charge in [0.25, 0.3) is 5.78 Å². The summed E-state index contributed by atoms with van der Waals surface area (Å²) in [5.74, 6) is -3.22. The summed E-state index contributed by atoms with van der Waals surface area (Å²) < 4.78 is 10.8. The van der Waals surface area contributed by atoms with Gasteiger partial charge >= 0.3 is 24.4 Å². The predicted molar refractivity (Wildman–Crippen MR) is 135 cm³/mol. The van der Waals surface area contributed by atoms with Crippen LogP contribution in [-0.4, -0.2) is 75.3 Å². The van der Waals surface area contributed by atoms with E-state index in [1.54, 1.807) is 20.8 Å². The molecule has 0 aromatic heterocycles. The molecule has 2 aliphatic rings. The highest BCUT2D eigenvalue weighted by atomic mass is 16.6. The zero-order chi connectivity index (χ0) is 27.7. The molecule has 4 rings (SSSR count). The number of carbonyl (C=O) groups is 4. The minimum atomic E-state index is -2.61. The van der Waals surface area contributed by atoms with Crippen LogP contribution in [0.25, 0.3) is 16.7 Å². The van der Waals surface area contributed by atoms with Crippen molar-refractivity contribution in [2.75, 3.05) is 13.2 Å². The Morgan fingerprint density at radius 3 is 2.21 bits per heavy atom. The number of hydrogen-bond acceptors (Lipinski definition) is 6. The SMILES string of the molecule is CC(C)(C)OC(=O)N[C@@H]1CCN(C(=O)OCC2c3ccccc3-c3ccccc32)[C@]1(C(=O)O)C(=O)C=[N+]=[N-]. The van der Waals surface area contributed by atoms with Gasteiger partial charge in [-0.2, -0.15) is 4.79 Å². The maximum Gasteiger partial charge on any atom is 0.411 e. The standard InChI is InChI=1S/C27H28N4O7/c1-26(2,3)38-24(35)30-21-12-13-31(27(21,23(33)34)22(32)14-29-28)25(36)37-15-20-18-10-6-4-8-16(18)17-9-5-7-11-19(17)20/h4-11,14,20-21H,12-13,15H2,1-3H3,(H,30,35)(H,33,34)/t21-,27+/m1/s1. The Balaban J connectivity index is 1.61. The zero-order valence-corrected chi connectivity index (χ0v) is 21.2. The molecule has 1 heterocycles. The number of Topliss-reactive ketones (excluding diaryl/α,β-unsaturated/α-hetero) is 1. The number of nitrogens with zero attached hydrogens (tertiary/aromatic N) is 3. The number of rotatable bonds is 6. The summed E-state index contributed by atoms with van der Waals surface area (Å²) in [6.45, 7) is 4.55. The molecule has 0 spiro atoms. The van der Waals surface area contributed by atoms with E-state index in [9.17, 15) is 24.3 Å². The van der Waals surface area contributed by atoms with Crippen LogP contribution in [0.5, 0.6) is 0 Å². The van der Waals surface area contributed by atoms with E-state index in [-0.39, 0.29) is 25.5 Å². The zero-order valence-electron chi connectivity index (χ0n) is 21.2. The highest BCUT2D eigenvalue weighted by Gasteiger charge is 2.64. The maximum atomic E-state index is 13.4. The summed E-state index contributed by atoms with van der Waals surface area (Å²) in [6.07, 6.45) is -1.70. The van der Waals surface area contributed by atoms with Crippen molar-refractivity contribution in [3.8, 4) is 11.1 Å². The van der Waals surface area contributed by atoms with Crippen molar-refractivity contribution in [2.45, 2.75) is 50.3 Å². The van der Waals surface area contributed by atoms with E-state index < -0.39 is 41.1 Å². The van der Waals surface area contributed by atoms with Gasteiger partial charge in [0.1, 0.15) is 12.2 Å². The number of fused-ring (bicyclic) bond motifs is 3. The molecule has 1 aliphatic heterocycles. The van der Waals surface area contributed by atoms with Crippen molar-refractivity contribution in [1.29, 1.82) is 0 Å². The molecule has 0 bridgehead atoms. The number of carbonyl (C=O) groups excluding carboxylic acids is 3. The summed E-state index contributed by atoms with van der Waals surface area (Å²) in [4.78, 5) is 54.9. The molecule has 1 aliphatic carbocycles. The van der Waals surface area contributed by atoms with E-state index in [1.165, 1.54) is 0 Å². The Labute approximate surface area is 219 Å². The van der Waals surface area contributed by atoms with Gasteiger partial charge in [-0.25, -0.2) is 14.4 Å². The minimum absolute atomic E-state index is 0.0826. The molecule has 11 nitrogen and oxygen atoms in total. The van der Waals surface area contributed by atoms with Crippen LogP contribution in [0.4, 0.5) is 9.59 Å². The van der Waals surface area contributed by atoms with E-state index in [4.69, 9.17) is 15.0 Å². The van der Waals surface area contributed by atoms with E-state index in [0.717, 1.165) is 27.2 Å². The van der Waals surface area contributed by atoms with Crippen molar-refractivity contribution in [3.05, 3.63) is 65.2 Å². The summed E-state index contributed by atoms with van der Waals surface area (Å²) in [5, 5.41) is 12.6. The first kappa shape index (κ1) is 26.6. The molecule has 2 amide bonds. The van der Waals surface area contributed by atoms with Crippen LogP contribution in [0, 0.1) is 0 Å². The first-order chi connectivity index (χ1) is 18.0. The number of alkyl carbamates (subject to hydrolysis) is 1. The molecule has 0 unspecified atom stereocenters. The van der Waals surface area contributed by atoms with Gasteiger partial charge in [0, 0.05) is 12.5 Å². The number of amides is 2. The van der Waals surface area contributed by atoms with E-state index in [1.807, 2.05) is 48.5 Å². The van der Waals surface area contributed by atoms with Crippen LogP contribution in [-0.2, 0) is 19.1 Å². The first-order valence-electron chi connectivity index (χ1n) is 12.1. The molecule has 0 saturated carbocycles. The second-order valence-corrected chi connectivity index (χ2v) is 10.1. The molecule has 2 atom stereocenters. The lowest BCUT2D eigenvalue weighted by atomic mass is 9.86. The number of ether oxygens (including phenoxy) is 2. The van der Waals surface area contributed by atoms with Crippen LogP contribution in [0.3, 0.4) is 0 Å². The second-order valence-electron chi connectivity index (χ2n) is 10.1. The maximum absolute atomic E-state index is 13.4. The number of carboxylic acids is 1. The third kappa shape index (κ3) is 4.64. The van der Waals surface area contributed by atoms with Crippen molar-refractivity contribution in [1.82, 2.24) is 10.2 Å². The van der Waals surface area contributed by atoms with Crippen LogP contribution in [0.15, 0.2) is 48.5 Å². The molecular formula is C27H28N4O7. The van der Waals surface area contributed by atoms with Crippen molar-refractivity contribution in [2.24, 2.45) is 0 Å². The number of nitrogens with one attached hydrogen (secondary N) is 1. The summed E-state index contributed by atoms with van der Waals surface area (Å²) in [7, 11) is 0. The topological polar surface area (TPSA) is 159 Å². The van der Waals surface area contributed by atoms with Gasteiger partial charge in [0.2, 0.25) is 5.54 Å². The Bertz CT molecular complexity index is 1300. The predicted octanol–water partition coefficient (Wildman–Crippen LogP) is 3.23. The Kier molecular flexibility index (Phi) is 7.06. The van der Waals surface area contributed by atoms with Crippen molar-refractivity contribution in [3.63, 3.8) is 0 Å². The van der Waals surface area contributed by atoms with Gasteiger partial charge in [-0.3, -0.25) is 9.69 Å². The van der Waals surface area contributed by atoms with Crippen LogP contribution in [0.2, 0.25) is 0 Å². The Hall–Kier alpha value is -4.50. The number of ketones is 1. The van der Waals surface area contributed by atoms with E-state index in [0.29, 0.717) is 6.21 Å². The molecule has 1 fully saturated rings. The Morgan fingerprint density at radius 1 is 1.11 bits per heavy atom. The van der Waals surface area contributed by atoms with Crippen LogP contribution in [0.1, 0.15) is 44.2 Å². The smallest absolute Gasteiger partial charge is 0.411 e. The van der Waals surface area contributed by atoms with Gasteiger partial charge in [-0.05, 0) is 49.4 Å².